The number of carbonyl (C=O) groups excluding carboxylic acids is 2. The van der Waals surface area contributed by atoms with E-state index in [9.17, 15) is 9.59 Å². The lowest BCUT2D eigenvalue weighted by molar-refractivity contribution is 0.0900. The topological polar surface area (TPSA) is 63.6 Å². The van der Waals surface area contributed by atoms with Crippen LogP contribution in [-0.4, -0.2) is 38.2 Å². The average Bonchev–Trinajstić information content (AvgIpc) is 2.66. The lowest BCUT2D eigenvalue weighted by Gasteiger charge is -2.35. The number of rotatable bonds is 6. The summed E-state index contributed by atoms with van der Waals surface area (Å²) in [6, 6.07) is 14.3. The minimum atomic E-state index is -1.84. The van der Waals surface area contributed by atoms with Gasteiger partial charge in [0.05, 0.1) is 6.61 Å². The molecule has 0 bridgehead atoms. The van der Waals surface area contributed by atoms with Crippen molar-refractivity contribution in [2.24, 2.45) is 0 Å². The van der Waals surface area contributed by atoms with Crippen LogP contribution in [-0.2, 0) is 4.43 Å². The Morgan fingerprint density at radius 2 is 1.24 bits per heavy atom. The summed E-state index contributed by atoms with van der Waals surface area (Å²) in [6.07, 6.45) is 0. The number of hydrogen-bond acceptors (Lipinski definition) is 4. The monoisotopic (exact) mass is 542 g/mol. The van der Waals surface area contributed by atoms with Gasteiger partial charge in [-0.25, -0.2) is 0 Å². The second kappa shape index (κ2) is 11.3. The molecule has 4 nitrogen and oxygen atoms in total. The molecule has 0 atom stereocenters. The number of carbonyl (C=O) groups is 2. The van der Waals surface area contributed by atoms with Crippen molar-refractivity contribution in [3.8, 4) is 0 Å². The molecule has 0 saturated heterocycles. The molecule has 7 heteroatoms. The van der Waals surface area contributed by atoms with Crippen molar-refractivity contribution in [2.75, 3.05) is 13.2 Å². The quantitative estimate of drug-likeness (QED) is 0.344. The van der Waals surface area contributed by atoms with Gasteiger partial charge >= 0.3 is 0 Å². The molecule has 0 aliphatic heterocycles. The highest BCUT2D eigenvalue weighted by atomic mass is 79.9. The van der Waals surface area contributed by atoms with Gasteiger partial charge in [0, 0.05) is 20.1 Å². The van der Waals surface area contributed by atoms with Crippen LogP contribution in [0.2, 0.25) is 18.1 Å². The van der Waals surface area contributed by atoms with E-state index in [1.165, 1.54) is 0 Å². The van der Waals surface area contributed by atoms with E-state index in [0.717, 1.165) is 8.95 Å². The number of aliphatic hydroxyl groups is 1. The SMILES string of the molecule is CC(C)(C)[Si](C)(C)OCC(=O)c1ccc(Br)cc1.O=C(CO)c1ccc(Br)cc1. The smallest absolute Gasteiger partial charge is 0.192 e. The first-order valence-corrected chi connectivity index (χ1v) is 13.7. The van der Waals surface area contributed by atoms with Gasteiger partial charge < -0.3 is 9.53 Å². The van der Waals surface area contributed by atoms with E-state index in [-0.39, 0.29) is 23.2 Å². The van der Waals surface area contributed by atoms with E-state index in [0.29, 0.717) is 11.1 Å². The summed E-state index contributed by atoms with van der Waals surface area (Å²) in [5.74, 6) is -0.204. The third-order valence-electron chi connectivity index (χ3n) is 4.85. The zero-order valence-electron chi connectivity index (χ0n) is 17.5. The molecule has 0 aromatic heterocycles. The van der Waals surface area contributed by atoms with Gasteiger partial charge in [0.1, 0.15) is 6.61 Å². The summed E-state index contributed by atoms with van der Waals surface area (Å²) in [7, 11) is -1.84. The number of hydrogen-bond donors (Lipinski definition) is 1. The molecule has 0 fully saturated rings. The second-order valence-corrected chi connectivity index (χ2v) is 14.7. The first-order chi connectivity index (χ1) is 13.4. The van der Waals surface area contributed by atoms with E-state index < -0.39 is 14.9 Å². The molecule has 158 valence electrons. The van der Waals surface area contributed by atoms with Crippen molar-refractivity contribution in [1.82, 2.24) is 0 Å². The van der Waals surface area contributed by atoms with Gasteiger partial charge in [-0.15, -0.1) is 0 Å². The van der Waals surface area contributed by atoms with Crippen molar-refractivity contribution < 1.29 is 19.1 Å². The molecule has 2 rings (SSSR count). The van der Waals surface area contributed by atoms with Crippen molar-refractivity contribution >= 4 is 51.7 Å². The van der Waals surface area contributed by atoms with Crippen LogP contribution >= 0.6 is 31.9 Å². The molecule has 0 spiro atoms. The minimum absolute atomic E-state index is 0.0484. The highest BCUT2D eigenvalue weighted by Crippen LogP contribution is 2.36. The zero-order valence-corrected chi connectivity index (χ0v) is 21.6. The van der Waals surface area contributed by atoms with Gasteiger partial charge in [0.15, 0.2) is 19.9 Å². The van der Waals surface area contributed by atoms with E-state index in [1.54, 1.807) is 24.3 Å². The maximum absolute atomic E-state index is 12.0. The zero-order chi connectivity index (χ0) is 22.2. The Morgan fingerprint density at radius 1 is 0.862 bits per heavy atom. The van der Waals surface area contributed by atoms with Crippen LogP contribution in [0.15, 0.2) is 57.5 Å². The van der Waals surface area contributed by atoms with Crippen LogP contribution in [0.3, 0.4) is 0 Å². The standard InChI is InChI=1S/C14H21BrO2Si.C8H7BrO2/c1-14(2,3)18(4,5)17-10-13(16)11-6-8-12(15)9-7-11;9-7-3-1-6(2-4-7)8(11)5-10/h6-9H,10H2,1-5H3;1-4,10H,5H2. The van der Waals surface area contributed by atoms with Crippen LogP contribution in [0.25, 0.3) is 0 Å². The van der Waals surface area contributed by atoms with Gasteiger partial charge in [-0.05, 0) is 42.4 Å². The Kier molecular flexibility index (Phi) is 10.1. The van der Waals surface area contributed by atoms with Gasteiger partial charge in [-0.1, -0.05) is 76.9 Å². The maximum atomic E-state index is 12.0. The Hall–Kier alpha value is -1.12. The van der Waals surface area contributed by atoms with Gasteiger partial charge in [-0.3, -0.25) is 9.59 Å². The summed E-state index contributed by atoms with van der Waals surface area (Å²) in [5.41, 5.74) is 1.24. The van der Waals surface area contributed by atoms with Crippen LogP contribution in [0.5, 0.6) is 0 Å². The number of ketones is 2. The van der Waals surface area contributed by atoms with Crippen LogP contribution in [0, 0.1) is 0 Å². The van der Waals surface area contributed by atoms with Gasteiger partial charge in [0.25, 0.3) is 0 Å². The number of benzene rings is 2. The first kappa shape index (κ1) is 25.9. The molecule has 0 aliphatic carbocycles. The summed E-state index contributed by atoms with van der Waals surface area (Å²) >= 11 is 6.60. The van der Waals surface area contributed by atoms with Crippen molar-refractivity contribution in [2.45, 2.75) is 38.9 Å². The lowest BCUT2D eigenvalue weighted by atomic mass is 10.1. The van der Waals surface area contributed by atoms with E-state index in [4.69, 9.17) is 9.53 Å². The highest BCUT2D eigenvalue weighted by molar-refractivity contribution is 9.10. The molecule has 0 saturated carbocycles. The summed E-state index contributed by atoms with van der Waals surface area (Å²) in [4.78, 5) is 22.9. The predicted octanol–water partition coefficient (Wildman–Crippen LogP) is 6.28. The fourth-order valence-corrected chi connectivity index (χ4v) is 3.36. The molecule has 0 aliphatic rings. The molecular formula is C22H28Br2O4Si. The third-order valence-corrected chi connectivity index (χ3v) is 10.4. The molecule has 0 unspecified atom stereocenters. The number of halogens is 2. The molecular weight excluding hydrogens is 516 g/mol. The molecule has 2 aromatic rings. The number of aliphatic hydroxyl groups excluding tert-OH is 1. The summed E-state index contributed by atoms with van der Waals surface area (Å²) < 4.78 is 7.82. The van der Waals surface area contributed by atoms with Crippen molar-refractivity contribution in [1.29, 1.82) is 0 Å². The van der Waals surface area contributed by atoms with Gasteiger partial charge in [-0.2, -0.15) is 0 Å². The minimum Gasteiger partial charge on any atom is -0.409 e. The Morgan fingerprint density at radius 3 is 1.59 bits per heavy atom. The van der Waals surface area contributed by atoms with E-state index >= 15 is 0 Å². The van der Waals surface area contributed by atoms with Crippen LogP contribution in [0.4, 0.5) is 0 Å². The maximum Gasteiger partial charge on any atom is 0.192 e. The first-order valence-electron chi connectivity index (χ1n) is 9.20. The lowest BCUT2D eigenvalue weighted by Crippen LogP contribution is -2.42. The van der Waals surface area contributed by atoms with Crippen LogP contribution < -0.4 is 0 Å². The largest absolute Gasteiger partial charge is 0.409 e. The number of Topliss-reactive ketones (excluding diaryl/α,β-unsaturated/α-hetero) is 2. The van der Waals surface area contributed by atoms with Crippen LogP contribution in [0.1, 0.15) is 41.5 Å². The van der Waals surface area contributed by atoms with Crippen molar-refractivity contribution in [3.63, 3.8) is 0 Å². The Balaban J connectivity index is 0.000000326. The molecule has 1 N–H and O–H groups in total. The highest BCUT2D eigenvalue weighted by Gasteiger charge is 2.37. The molecule has 29 heavy (non-hydrogen) atoms. The average molecular weight is 544 g/mol. The summed E-state index contributed by atoms with van der Waals surface area (Å²) in [6.45, 7) is 10.6. The third kappa shape index (κ3) is 8.64. The fraction of sp³-hybridized carbons (Fsp3) is 0.364. The van der Waals surface area contributed by atoms with Crippen molar-refractivity contribution in [3.05, 3.63) is 68.6 Å². The van der Waals surface area contributed by atoms with E-state index in [1.807, 2.05) is 24.3 Å². The Labute approximate surface area is 191 Å². The Bertz CT molecular complexity index is 810. The molecule has 0 amide bonds. The summed E-state index contributed by atoms with van der Waals surface area (Å²) in [5, 5.41) is 8.63. The fourth-order valence-electron chi connectivity index (χ4n) is 1.91. The normalized spacial score (nSPS) is 11.4. The predicted molar refractivity (Wildman–Crippen MR) is 127 cm³/mol. The van der Waals surface area contributed by atoms with Gasteiger partial charge in [0.2, 0.25) is 0 Å². The second-order valence-electron chi connectivity index (χ2n) is 8.07. The van der Waals surface area contributed by atoms with E-state index in [2.05, 4.69) is 65.7 Å². The molecule has 0 heterocycles. The molecule has 2 aromatic carbocycles. The molecule has 0 radical (unpaired) electrons.